The fourth-order valence-electron chi connectivity index (χ4n) is 1.37. The number of hydrogen-bond donors (Lipinski definition) is 1. The summed E-state index contributed by atoms with van der Waals surface area (Å²) in [6.45, 7) is 3.85. The Morgan fingerprint density at radius 1 is 1.35 bits per heavy atom. The number of unbranched alkanes of at least 4 members (excludes halogenated alkanes) is 1. The van der Waals surface area contributed by atoms with Crippen LogP contribution in [0.25, 0.3) is 0 Å². The summed E-state index contributed by atoms with van der Waals surface area (Å²) in [5.74, 6) is -0.0291. The lowest BCUT2D eigenvalue weighted by Crippen LogP contribution is -2.41. The summed E-state index contributed by atoms with van der Waals surface area (Å²) >= 11 is 5.50. The molecule has 0 atom stereocenters. The summed E-state index contributed by atoms with van der Waals surface area (Å²) in [6.07, 6.45) is 1.14. The van der Waals surface area contributed by atoms with Crippen LogP contribution >= 0.6 is 11.6 Å². The molecular formula is C10H21ClN2O3S. The average Bonchev–Trinajstić information content (AvgIpc) is 2.15. The standard InChI is InChI=1S/C10H21ClN2O3S/c1-9(2)7-13(8-10(12)14)17(15,16)6-4-3-5-11/h9H,3-8H2,1-2H3,(H2,12,14). The van der Waals surface area contributed by atoms with Gasteiger partial charge >= 0.3 is 0 Å². The minimum absolute atomic E-state index is 0.0136. The lowest BCUT2D eigenvalue weighted by Gasteiger charge is -2.22. The van der Waals surface area contributed by atoms with E-state index in [0.29, 0.717) is 25.3 Å². The number of carbonyl (C=O) groups excluding carboxylic acids is 1. The minimum Gasteiger partial charge on any atom is -0.369 e. The molecule has 0 aliphatic carbocycles. The Hall–Kier alpha value is -0.330. The molecule has 0 saturated carbocycles. The van der Waals surface area contributed by atoms with Gasteiger partial charge in [-0.15, -0.1) is 11.6 Å². The monoisotopic (exact) mass is 284 g/mol. The molecule has 0 fully saturated rings. The number of alkyl halides is 1. The van der Waals surface area contributed by atoms with Crippen LogP contribution < -0.4 is 5.73 Å². The van der Waals surface area contributed by atoms with Gasteiger partial charge in [-0.05, 0) is 18.8 Å². The van der Waals surface area contributed by atoms with Crippen LogP contribution in [0.2, 0.25) is 0 Å². The lowest BCUT2D eigenvalue weighted by atomic mass is 10.2. The van der Waals surface area contributed by atoms with Gasteiger partial charge in [0.05, 0.1) is 12.3 Å². The summed E-state index contributed by atoms with van der Waals surface area (Å²) in [4.78, 5) is 10.9. The zero-order valence-electron chi connectivity index (χ0n) is 10.4. The van der Waals surface area contributed by atoms with E-state index in [4.69, 9.17) is 17.3 Å². The Bertz CT molecular complexity index is 330. The number of carbonyl (C=O) groups is 1. The molecule has 5 nitrogen and oxygen atoms in total. The van der Waals surface area contributed by atoms with Crippen LogP contribution in [0, 0.1) is 5.92 Å². The van der Waals surface area contributed by atoms with Gasteiger partial charge in [-0.1, -0.05) is 13.8 Å². The Balaban J connectivity index is 4.58. The van der Waals surface area contributed by atoms with Gasteiger partial charge in [0.25, 0.3) is 0 Å². The number of rotatable bonds is 9. The summed E-state index contributed by atoms with van der Waals surface area (Å²) in [7, 11) is -3.41. The van der Waals surface area contributed by atoms with Crippen molar-refractivity contribution in [3.8, 4) is 0 Å². The Morgan fingerprint density at radius 2 is 1.94 bits per heavy atom. The molecule has 0 aromatic carbocycles. The number of nitrogens with zero attached hydrogens (tertiary/aromatic N) is 1. The average molecular weight is 285 g/mol. The number of amides is 1. The maximum Gasteiger partial charge on any atom is 0.232 e. The van der Waals surface area contributed by atoms with Crippen molar-refractivity contribution in [2.45, 2.75) is 26.7 Å². The van der Waals surface area contributed by atoms with Gasteiger partial charge in [0, 0.05) is 12.4 Å². The first kappa shape index (κ1) is 16.7. The van der Waals surface area contributed by atoms with E-state index in [1.165, 1.54) is 0 Å². The zero-order chi connectivity index (χ0) is 13.5. The summed E-state index contributed by atoms with van der Waals surface area (Å²) in [5.41, 5.74) is 5.05. The van der Waals surface area contributed by atoms with Crippen LogP contribution in [0.4, 0.5) is 0 Å². The lowest BCUT2D eigenvalue weighted by molar-refractivity contribution is -0.118. The second kappa shape index (κ2) is 7.89. The van der Waals surface area contributed by atoms with Gasteiger partial charge in [0.15, 0.2) is 0 Å². The maximum absolute atomic E-state index is 12.0. The third kappa shape index (κ3) is 7.57. The molecule has 2 N–H and O–H groups in total. The number of sulfonamides is 1. The van der Waals surface area contributed by atoms with Crippen LogP contribution in [0.3, 0.4) is 0 Å². The first-order valence-corrected chi connectivity index (χ1v) is 7.76. The fourth-order valence-corrected chi connectivity index (χ4v) is 3.23. The normalized spacial score (nSPS) is 12.3. The molecular weight excluding hydrogens is 264 g/mol. The largest absolute Gasteiger partial charge is 0.369 e. The smallest absolute Gasteiger partial charge is 0.232 e. The highest BCUT2D eigenvalue weighted by Crippen LogP contribution is 2.08. The van der Waals surface area contributed by atoms with Crippen molar-refractivity contribution in [1.29, 1.82) is 0 Å². The number of halogens is 1. The highest BCUT2D eigenvalue weighted by Gasteiger charge is 2.23. The molecule has 0 aliphatic rings. The van der Waals surface area contributed by atoms with Crippen LogP contribution in [0.5, 0.6) is 0 Å². The van der Waals surface area contributed by atoms with E-state index in [-0.39, 0.29) is 18.2 Å². The first-order chi connectivity index (χ1) is 7.79. The molecule has 7 heteroatoms. The Kier molecular flexibility index (Phi) is 7.74. The molecule has 0 bridgehead atoms. The van der Waals surface area contributed by atoms with E-state index in [2.05, 4.69) is 0 Å². The summed E-state index contributed by atoms with van der Waals surface area (Å²) < 4.78 is 25.1. The number of primary amides is 1. The predicted molar refractivity (Wildman–Crippen MR) is 69.3 cm³/mol. The molecule has 0 unspecified atom stereocenters. The Labute approximate surface area is 108 Å². The van der Waals surface area contributed by atoms with Crippen LogP contribution in [-0.4, -0.2) is 43.4 Å². The molecule has 0 radical (unpaired) electrons. The Morgan fingerprint density at radius 3 is 2.35 bits per heavy atom. The number of hydrogen-bond acceptors (Lipinski definition) is 3. The summed E-state index contributed by atoms with van der Waals surface area (Å²) in [5, 5.41) is 0. The van der Waals surface area contributed by atoms with Crippen LogP contribution in [-0.2, 0) is 14.8 Å². The van der Waals surface area contributed by atoms with Crippen molar-refractivity contribution in [1.82, 2.24) is 4.31 Å². The van der Waals surface area contributed by atoms with E-state index in [1.807, 2.05) is 13.8 Å². The molecule has 0 saturated heterocycles. The zero-order valence-corrected chi connectivity index (χ0v) is 11.9. The molecule has 0 aromatic heterocycles. The predicted octanol–water partition coefficient (Wildman–Crippen LogP) is 0.778. The van der Waals surface area contributed by atoms with E-state index >= 15 is 0 Å². The molecule has 0 heterocycles. The third-order valence-electron chi connectivity index (χ3n) is 2.08. The summed E-state index contributed by atoms with van der Waals surface area (Å²) in [6, 6.07) is 0. The van der Waals surface area contributed by atoms with E-state index in [9.17, 15) is 13.2 Å². The van der Waals surface area contributed by atoms with Crippen LogP contribution in [0.15, 0.2) is 0 Å². The molecule has 1 amide bonds. The van der Waals surface area contributed by atoms with Gasteiger partial charge in [0.1, 0.15) is 0 Å². The quantitative estimate of drug-likeness (QED) is 0.502. The fraction of sp³-hybridized carbons (Fsp3) is 0.900. The molecule has 102 valence electrons. The van der Waals surface area contributed by atoms with Crippen molar-refractivity contribution in [3.63, 3.8) is 0 Å². The second-order valence-corrected chi connectivity index (χ2v) is 6.83. The van der Waals surface area contributed by atoms with Gasteiger partial charge < -0.3 is 5.73 Å². The van der Waals surface area contributed by atoms with Crippen molar-refractivity contribution < 1.29 is 13.2 Å². The van der Waals surface area contributed by atoms with Crippen LogP contribution in [0.1, 0.15) is 26.7 Å². The minimum atomic E-state index is -3.41. The second-order valence-electron chi connectivity index (χ2n) is 4.36. The molecule has 0 aromatic rings. The van der Waals surface area contributed by atoms with Crippen molar-refractivity contribution in [2.75, 3.05) is 24.7 Å². The van der Waals surface area contributed by atoms with Gasteiger partial charge in [-0.25, -0.2) is 8.42 Å². The van der Waals surface area contributed by atoms with Crippen molar-refractivity contribution in [3.05, 3.63) is 0 Å². The van der Waals surface area contributed by atoms with Crippen molar-refractivity contribution >= 4 is 27.5 Å². The van der Waals surface area contributed by atoms with Gasteiger partial charge in [0.2, 0.25) is 15.9 Å². The molecule has 0 spiro atoms. The molecule has 0 aliphatic heterocycles. The van der Waals surface area contributed by atoms with Gasteiger partial charge in [-0.2, -0.15) is 4.31 Å². The molecule has 0 rings (SSSR count). The highest BCUT2D eigenvalue weighted by molar-refractivity contribution is 7.89. The van der Waals surface area contributed by atoms with E-state index in [0.717, 1.165) is 4.31 Å². The van der Waals surface area contributed by atoms with Gasteiger partial charge in [-0.3, -0.25) is 4.79 Å². The van der Waals surface area contributed by atoms with E-state index in [1.54, 1.807) is 0 Å². The third-order valence-corrected chi connectivity index (χ3v) is 4.22. The number of nitrogens with two attached hydrogens (primary N) is 1. The first-order valence-electron chi connectivity index (χ1n) is 5.61. The van der Waals surface area contributed by atoms with E-state index < -0.39 is 15.9 Å². The molecule has 17 heavy (non-hydrogen) atoms. The SMILES string of the molecule is CC(C)CN(CC(N)=O)S(=O)(=O)CCCCCl. The topological polar surface area (TPSA) is 80.5 Å². The van der Waals surface area contributed by atoms with Crippen molar-refractivity contribution in [2.24, 2.45) is 11.7 Å². The maximum atomic E-state index is 12.0. The highest BCUT2D eigenvalue weighted by atomic mass is 35.5.